The molecule has 0 aliphatic heterocycles. The number of rotatable bonds is 6. The molecule has 5 nitrogen and oxygen atoms in total. The lowest BCUT2D eigenvalue weighted by Gasteiger charge is -2.13. The molecule has 0 bridgehead atoms. The third-order valence-corrected chi connectivity index (χ3v) is 4.14. The molecule has 0 saturated heterocycles. The van der Waals surface area contributed by atoms with Gasteiger partial charge in [-0.15, -0.1) is 0 Å². The number of nitrogens with zero attached hydrogens (tertiary/aromatic N) is 1. The fourth-order valence-corrected chi connectivity index (χ4v) is 2.60. The van der Waals surface area contributed by atoms with Crippen LogP contribution in [0.3, 0.4) is 0 Å². The second-order valence-electron chi connectivity index (χ2n) is 6.19. The van der Waals surface area contributed by atoms with E-state index in [-0.39, 0.29) is 24.3 Å². The number of ether oxygens (including phenoxy) is 1. The van der Waals surface area contributed by atoms with Gasteiger partial charge in [-0.3, -0.25) is 9.59 Å². The highest BCUT2D eigenvalue weighted by atomic mass is 19.1. The molecule has 3 rings (SSSR count). The number of halogens is 2. The molecule has 0 fully saturated rings. The molecule has 0 aliphatic rings. The van der Waals surface area contributed by atoms with Crippen LogP contribution in [0.5, 0.6) is 5.75 Å². The van der Waals surface area contributed by atoms with E-state index in [1.807, 2.05) is 30.3 Å². The van der Waals surface area contributed by atoms with Crippen LogP contribution in [0.2, 0.25) is 0 Å². The van der Waals surface area contributed by atoms with Gasteiger partial charge in [0.15, 0.2) is 5.75 Å². The topological polar surface area (TPSA) is 60.3 Å². The molecule has 1 N–H and O–H groups in total. The third kappa shape index (κ3) is 4.62. The Labute approximate surface area is 160 Å². The molecule has 1 heterocycles. The number of hydrogen-bond acceptors (Lipinski definition) is 3. The average molecular weight is 384 g/mol. The molecule has 1 amide bonds. The van der Waals surface area contributed by atoms with Gasteiger partial charge < -0.3 is 14.6 Å². The standard InChI is InChI=1S/C21H18F2N2O3/c1-25-12-20(28-13-14-5-3-2-4-6-14)19(26)10-16(25)11-24-21(27)17-9-15(22)7-8-18(17)23/h2-10,12H,11,13H2,1H3,(H,24,27). The number of aryl methyl sites for hydroxylation is 1. The summed E-state index contributed by atoms with van der Waals surface area (Å²) in [6, 6.07) is 13.4. The van der Waals surface area contributed by atoms with Crippen molar-refractivity contribution in [3.63, 3.8) is 0 Å². The summed E-state index contributed by atoms with van der Waals surface area (Å²) in [4.78, 5) is 24.4. The van der Waals surface area contributed by atoms with Crippen LogP contribution in [-0.2, 0) is 20.2 Å². The van der Waals surface area contributed by atoms with Gasteiger partial charge in [-0.1, -0.05) is 30.3 Å². The van der Waals surface area contributed by atoms with Gasteiger partial charge in [0.2, 0.25) is 5.43 Å². The van der Waals surface area contributed by atoms with Crippen molar-refractivity contribution < 1.29 is 18.3 Å². The SMILES string of the molecule is Cn1cc(OCc2ccccc2)c(=O)cc1CNC(=O)c1cc(F)ccc1F. The molecule has 0 atom stereocenters. The number of nitrogens with one attached hydrogen (secondary N) is 1. The Hall–Kier alpha value is -3.48. The minimum Gasteiger partial charge on any atom is -0.483 e. The first kappa shape index (κ1) is 19.3. The fraction of sp³-hybridized carbons (Fsp3) is 0.143. The third-order valence-electron chi connectivity index (χ3n) is 4.14. The largest absolute Gasteiger partial charge is 0.483 e. The molecular weight excluding hydrogens is 366 g/mol. The zero-order chi connectivity index (χ0) is 20.1. The highest BCUT2D eigenvalue weighted by molar-refractivity contribution is 5.94. The molecule has 0 spiro atoms. The number of benzene rings is 2. The van der Waals surface area contributed by atoms with Crippen LogP contribution < -0.4 is 15.5 Å². The summed E-state index contributed by atoms with van der Waals surface area (Å²) in [6.45, 7) is 0.227. The zero-order valence-electron chi connectivity index (χ0n) is 15.1. The highest BCUT2D eigenvalue weighted by Gasteiger charge is 2.14. The zero-order valence-corrected chi connectivity index (χ0v) is 15.1. The maximum absolute atomic E-state index is 13.7. The quantitative estimate of drug-likeness (QED) is 0.710. The Bertz CT molecular complexity index is 1050. The molecule has 0 unspecified atom stereocenters. The number of amides is 1. The van der Waals surface area contributed by atoms with E-state index in [4.69, 9.17) is 4.74 Å². The summed E-state index contributed by atoms with van der Waals surface area (Å²) in [5, 5.41) is 2.48. The van der Waals surface area contributed by atoms with Gasteiger partial charge >= 0.3 is 0 Å². The summed E-state index contributed by atoms with van der Waals surface area (Å²) in [6.07, 6.45) is 1.52. The van der Waals surface area contributed by atoms with Gasteiger partial charge in [0.05, 0.1) is 18.3 Å². The minimum absolute atomic E-state index is 0.0283. The van der Waals surface area contributed by atoms with Gasteiger partial charge in [0, 0.05) is 18.8 Å². The number of carbonyl (C=O) groups excluding carboxylic acids is 1. The van der Waals surface area contributed by atoms with Crippen molar-refractivity contribution in [2.75, 3.05) is 0 Å². The Kier molecular flexibility index (Phi) is 5.84. The first-order valence-corrected chi connectivity index (χ1v) is 8.53. The number of hydrogen-bond donors (Lipinski definition) is 1. The predicted octanol–water partition coefficient (Wildman–Crippen LogP) is 3.17. The molecule has 0 saturated carbocycles. The summed E-state index contributed by atoms with van der Waals surface area (Å²) in [5.41, 5.74) is 0.684. The van der Waals surface area contributed by atoms with Crippen molar-refractivity contribution >= 4 is 5.91 Å². The molecule has 28 heavy (non-hydrogen) atoms. The van der Waals surface area contributed by atoms with E-state index < -0.39 is 23.1 Å². The molecule has 7 heteroatoms. The predicted molar refractivity (Wildman–Crippen MR) is 100.0 cm³/mol. The molecular formula is C21H18F2N2O3. The Morgan fingerprint density at radius 1 is 1.11 bits per heavy atom. The highest BCUT2D eigenvalue weighted by Crippen LogP contribution is 2.11. The van der Waals surface area contributed by atoms with Crippen LogP contribution in [0.25, 0.3) is 0 Å². The molecule has 2 aromatic carbocycles. The van der Waals surface area contributed by atoms with Crippen LogP contribution >= 0.6 is 0 Å². The summed E-state index contributed by atoms with van der Waals surface area (Å²) >= 11 is 0. The van der Waals surface area contributed by atoms with Crippen LogP contribution in [0, 0.1) is 11.6 Å². The lowest BCUT2D eigenvalue weighted by Crippen LogP contribution is -2.26. The van der Waals surface area contributed by atoms with Gasteiger partial charge in [0.1, 0.15) is 18.2 Å². The van der Waals surface area contributed by atoms with E-state index in [1.54, 1.807) is 11.6 Å². The normalized spacial score (nSPS) is 10.5. The van der Waals surface area contributed by atoms with Crippen LogP contribution in [0.15, 0.2) is 65.6 Å². The maximum atomic E-state index is 13.7. The van der Waals surface area contributed by atoms with E-state index >= 15 is 0 Å². The Balaban J connectivity index is 1.68. The van der Waals surface area contributed by atoms with Crippen LogP contribution in [0.4, 0.5) is 8.78 Å². The number of aromatic nitrogens is 1. The van der Waals surface area contributed by atoms with E-state index in [1.165, 1.54) is 12.3 Å². The van der Waals surface area contributed by atoms with E-state index in [0.717, 1.165) is 23.8 Å². The van der Waals surface area contributed by atoms with Crippen molar-refractivity contribution in [2.24, 2.45) is 7.05 Å². The molecule has 0 aliphatic carbocycles. The molecule has 144 valence electrons. The smallest absolute Gasteiger partial charge is 0.254 e. The lowest BCUT2D eigenvalue weighted by atomic mass is 10.2. The van der Waals surface area contributed by atoms with Crippen molar-refractivity contribution in [3.05, 3.63) is 99.5 Å². The first-order chi connectivity index (χ1) is 13.4. The Morgan fingerprint density at radius 2 is 1.86 bits per heavy atom. The van der Waals surface area contributed by atoms with Crippen molar-refractivity contribution in [1.29, 1.82) is 0 Å². The van der Waals surface area contributed by atoms with E-state index in [2.05, 4.69) is 5.32 Å². The second-order valence-corrected chi connectivity index (χ2v) is 6.19. The molecule has 0 radical (unpaired) electrons. The lowest BCUT2D eigenvalue weighted by molar-refractivity contribution is 0.0945. The van der Waals surface area contributed by atoms with E-state index in [0.29, 0.717) is 5.69 Å². The van der Waals surface area contributed by atoms with Crippen LogP contribution in [0.1, 0.15) is 21.6 Å². The summed E-state index contributed by atoms with van der Waals surface area (Å²) < 4.78 is 34.1. The van der Waals surface area contributed by atoms with Gasteiger partial charge in [-0.25, -0.2) is 8.78 Å². The first-order valence-electron chi connectivity index (χ1n) is 8.53. The average Bonchev–Trinajstić information content (AvgIpc) is 2.69. The van der Waals surface area contributed by atoms with Crippen molar-refractivity contribution in [2.45, 2.75) is 13.2 Å². The van der Waals surface area contributed by atoms with Crippen molar-refractivity contribution in [3.8, 4) is 5.75 Å². The van der Waals surface area contributed by atoms with Gasteiger partial charge in [-0.05, 0) is 23.8 Å². The fourth-order valence-electron chi connectivity index (χ4n) is 2.60. The summed E-state index contributed by atoms with van der Waals surface area (Å²) in [7, 11) is 1.69. The summed E-state index contributed by atoms with van der Waals surface area (Å²) in [5.74, 6) is -2.12. The maximum Gasteiger partial charge on any atom is 0.254 e. The number of carbonyl (C=O) groups is 1. The van der Waals surface area contributed by atoms with Gasteiger partial charge in [-0.2, -0.15) is 0 Å². The Morgan fingerprint density at radius 3 is 2.61 bits per heavy atom. The van der Waals surface area contributed by atoms with E-state index in [9.17, 15) is 18.4 Å². The minimum atomic E-state index is -0.822. The second kappa shape index (κ2) is 8.47. The number of pyridine rings is 1. The molecule has 3 aromatic rings. The van der Waals surface area contributed by atoms with Crippen LogP contribution in [-0.4, -0.2) is 10.5 Å². The van der Waals surface area contributed by atoms with Crippen molar-refractivity contribution in [1.82, 2.24) is 9.88 Å². The molecule has 1 aromatic heterocycles. The monoisotopic (exact) mass is 384 g/mol. The van der Waals surface area contributed by atoms with Gasteiger partial charge in [0.25, 0.3) is 5.91 Å².